The summed E-state index contributed by atoms with van der Waals surface area (Å²) in [6, 6.07) is 13.7. The summed E-state index contributed by atoms with van der Waals surface area (Å²) in [6.07, 6.45) is 6.85. The number of primary amides is 1. The monoisotopic (exact) mass is 428 g/mol. The van der Waals surface area contributed by atoms with Crippen molar-refractivity contribution in [3.63, 3.8) is 0 Å². The first-order valence-electron chi connectivity index (χ1n) is 10.7. The minimum absolute atomic E-state index is 0.216. The number of hydrogen-bond acceptors (Lipinski definition) is 6. The number of nitrogens with two attached hydrogens (primary N) is 1. The molecule has 0 spiro atoms. The Morgan fingerprint density at radius 1 is 1.16 bits per heavy atom. The van der Waals surface area contributed by atoms with Gasteiger partial charge < -0.3 is 10.5 Å². The number of carbonyl (C=O) groups is 1. The van der Waals surface area contributed by atoms with Gasteiger partial charge in [-0.15, -0.1) is 0 Å². The summed E-state index contributed by atoms with van der Waals surface area (Å²) < 4.78 is 5.92. The second kappa shape index (κ2) is 8.76. The molecule has 3 N–H and O–H groups in total. The molecule has 1 atom stereocenters. The van der Waals surface area contributed by atoms with Crippen LogP contribution in [0.1, 0.15) is 18.4 Å². The molecule has 1 amide bonds. The van der Waals surface area contributed by atoms with Gasteiger partial charge in [0.05, 0.1) is 11.2 Å². The molecule has 1 fully saturated rings. The number of ether oxygens (including phenoxy) is 1. The topological polar surface area (TPSA) is 110 Å². The quantitative estimate of drug-likeness (QED) is 0.466. The van der Waals surface area contributed by atoms with Gasteiger partial charge in [0, 0.05) is 61.2 Å². The number of likely N-dealkylation sites (tertiary alicyclic amines) is 1. The van der Waals surface area contributed by atoms with Gasteiger partial charge in [-0.25, -0.2) is 4.98 Å². The van der Waals surface area contributed by atoms with Gasteiger partial charge >= 0.3 is 0 Å². The van der Waals surface area contributed by atoms with Gasteiger partial charge in [0.25, 0.3) is 0 Å². The Kier molecular flexibility index (Phi) is 5.51. The van der Waals surface area contributed by atoms with Crippen molar-refractivity contribution in [3.8, 4) is 22.9 Å². The van der Waals surface area contributed by atoms with E-state index in [9.17, 15) is 4.79 Å². The largest absolute Gasteiger partial charge is 0.439 e. The molecule has 0 aliphatic carbocycles. The first-order chi connectivity index (χ1) is 15.6. The Bertz CT molecular complexity index is 1220. The van der Waals surface area contributed by atoms with Crippen molar-refractivity contribution in [2.75, 3.05) is 13.1 Å². The molecule has 1 saturated heterocycles. The molecule has 4 heterocycles. The number of carbonyl (C=O) groups excluding carboxylic acids is 1. The number of aromatic nitrogens is 4. The van der Waals surface area contributed by atoms with Gasteiger partial charge in [0.15, 0.2) is 0 Å². The fourth-order valence-electron chi connectivity index (χ4n) is 4.20. The second-order valence-electron chi connectivity index (χ2n) is 8.22. The van der Waals surface area contributed by atoms with Crippen LogP contribution in [0, 0.1) is 5.92 Å². The zero-order valence-electron chi connectivity index (χ0n) is 17.6. The molecule has 5 rings (SSSR count). The molecular weight excluding hydrogens is 404 g/mol. The van der Waals surface area contributed by atoms with Crippen molar-refractivity contribution in [1.29, 1.82) is 0 Å². The summed E-state index contributed by atoms with van der Waals surface area (Å²) in [5.41, 5.74) is 9.21. The van der Waals surface area contributed by atoms with E-state index < -0.39 is 0 Å². The molecule has 1 aliphatic heterocycles. The minimum Gasteiger partial charge on any atom is -0.439 e. The van der Waals surface area contributed by atoms with Crippen LogP contribution in [0.3, 0.4) is 0 Å². The Balaban J connectivity index is 1.24. The van der Waals surface area contributed by atoms with Crippen molar-refractivity contribution in [2.24, 2.45) is 11.7 Å². The number of nitrogens with one attached hydrogen (secondary N) is 1. The molecular formula is C24H24N6O2. The van der Waals surface area contributed by atoms with E-state index in [1.807, 2.05) is 42.6 Å². The maximum Gasteiger partial charge on any atom is 0.219 e. The average molecular weight is 428 g/mol. The van der Waals surface area contributed by atoms with E-state index in [1.165, 1.54) is 0 Å². The highest BCUT2D eigenvalue weighted by Crippen LogP contribution is 2.27. The summed E-state index contributed by atoms with van der Waals surface area (Å²) in [5.74, 6) is 1.35. The standard InChI is InChI=1S/C24H24N6O2/c25-23(31)10-16-6-8-30(14-16)15-17-9-18-1-3-20(11-22(18)26-12-17)32-24-4-2-19(13-27-24)21-5-7-28-29-21/h1-5,7,9,11-13,16H,6,8,10,14-15H2,(H2,25,31)(H,28,29)/t16-/m0/s1. The first-order valence-corrected chi connectivity index (χ1v) is 10.7. The van der Waals surface area contributed by atoms with Crippen LogP contribution in [0.2, 0.25) is 0 Å². The number of hydrogen-bond donors (Lipinski definition) is 2. The Labute approximate surface area is 185 Å². The van der Waals surface area contributed by atoms with E-state index in [2.05, 4.69) is 31.1 Å². The summed E-state index contributed by atoms with van der Waals surface area (Å²) >= 11 is 0. The lowest BCUT2D eigenvalue weighted by Gasteiger charge is -2.16. The third-order valence-electron chi connectivity index (χ3n) is 5.75. The summed E-state index contributed by atoms with van der Waals surface area (Å²) in [5, 5.41) is 7.93. The highest BCUT2D eigenvalue weighted by Gasteiger charge is 2.23. The van der Waals surface area contributed by atoms with Gasteiger partial charge in [-0.2, -0.15) is 5.10 Å². The molecule has 8 heteroatoms. The number of benzene rings is 1. The number of nitrogens with zero attached hydrogens (tertiary/aromatic N) is 4. The molecule has 32 heavy (non-hydrogen) atoms. The van der Waals surface area contributed by atoms with Crippen LogP contribution in [-0.2, 0) is 11.3 Å². The molecule has 0 bridgehead atoms. The molecule has 162 valence electrons. The molecule has 1 aliphatic rings. The zero-order valence-corrected chi connectivity index (χ0v) is 17.6. The number of fused-ring (bicyclic) bond motifs is 1. The Morgan fingerprint density at radius 3 is 2.88 bits per heavy atom. The lowest BCUT2D eigenvalue weighted by atomic mass is 10.1. The molecule has 1 aromatic carbocycles. The van der Waals surface area contributed by atoms with E-state index >= 15 is 0 Å². The predicted molar refractivity (Wildman–Crippen MR) is 121 cm³/mol. The van der Waals surface area contributed by atoms with E-state index in [4.69, 9.17) is 10.5 Å². The average Bonchev–Trinajstić information content (AvgIpc) is 3.47. The Hall–Kier alpha value is -3.78. The van der Waals surface area contributed by atoms with Crippen LogP contribution in [0.25, 0.3) is 22.2 Å². The normalized spacial score (nSPS) is 16.4. The molecule has 0 unspecified atom stereocenters. The fourth-order valence-corrected chi connectivity index (χ4v) is 4.20. The summed E-state index contributed by atoms with van der Waals surface area (Å²) in [7, 11) is 0. The van der Waals surface area contributed by atoms with Crippen molar-refractivity contribution in [3.05, 3.63) is 66.6 Å². The number of aromatic amines is 1. The van der Waals surface area contributed by atoms with Crippen LogP contribution in [0.4, 0.5) is 0 Å². The van der Waals surface area contributed by atoms with Crippen LogP contribution >= 0.6 is 0 Å². The summed E-state index contributed by atoms with van der Waals surface area (Å²) in [4.78, 5) is 22.5. The lowest BCUT2D eigenvalue weighted by Crippen LogP contribution is -2.22. The van der Waals surface area contributed by atoms with Crippen LogP contribution in [0.5, 0.6) is 11.6 Å². The van der Waals surface area contributed by atoms with Crippen LogP contribution < -0.4 is 10.5 Å². The summed E-state index contributed by atoms with van der Waals surface area (Å²) in [6.45, 7) is 2.71. The molecule has 3 aromatic heterocycles. The lowest BCUT2D eigenvalue weighted by molar-refractivity contribution is -0.118. The van der Waals surface area contributed by atoms with Crippen LogP contribution in [0.15, 0.2) is 61.1 Å². The van der Waals surface area contributed by atoms with Gasteiger partial charge in [-0.1, -0.05) is 0 Å². The molecule has 0 saturated carbocycles. The highest BCUT2D eigenvalue weighted by atomic mass is 16.5. The van der Waals surface area contributed by atoms with Crippen molar-refractivity contribution in [1.82, 2.24) is 25.1 Å². The maximum absolute atomic E-state index is 11.1. The fraction of sp³-hybridized carbons (Fsp3) is 0.250. The minimum atomic E-state index is -0.216. The van der Waals surface area contributed by atoms with Gasteiger partial charge in [-0.3, -0.25) is 19.8 Å². The molecule has 8 nitrogen and oxygen atoms in total. The van der Waals surface area contributed by atoms with Crippen LogP contribution in [-0.4, -0.2) is 44.1 Å². The number of H-pyrrole nitrogens is 1. The van der Waals surface area contributed by atoms with Crippen molar-refractivity contribution < 1.29 is 9.53 Å². The number of amides is 1. The van der Waals surface area contributed by atoms with E-state index in [1.54, 1.807) is 12.4 Å². The smallest absolute Gasteiger partial charge is 0.219 e. The van der Waals surface area contributed by atoms with E-state index in [0.717, 1.165) is 53.8 Å². The van der Waals surface area contributed by atoms with Gasteiger partial charge in [0.1, 0.15) is 5.75 Å². The number of rotatable bonds is 7. The predicted octanol–water partition coefficient (Wildman–Crippen LogP) is 3.51. The van der Waals surface area contributed by atoms with Gasteiger partial charge in [-0.05, 0) is 54.8 Å². The highest BCUT2D eigenvalue weighted by molar-refractivity contribution is 5.80. The third kappa shape index (κ3) is 4.60. The SMILES string of the molecule is NC(=O)C[C@@H]1CCN(Cc2cnc3cc(Oc4ccc(-c5ccn[nH]5)cn4)ccc3c2)C1. The van der Waals surface area contributed by atoms with Crippen molar-refractivity contribution >= 4 is 16.8 Å². The van der Waals surface area contributed by atoms with Crippen molar-refractivity contribution in [2.45, 2.75) is 19.4 Å². The first kappa shape index (κ1) is 20.1. The van der Waals surface area contributed by atoms with E-state index in [-0.39, 0.29) is 5.91 Å². The second-order valence-corrected chi connectivity index (χ2v) is 8.22. The van der Waals surface area contributed by atoms with Gasteiger partial charge in [0.2, 0.25) is 11.8 Å². The number of pyridine rings is 2. The Morgan fingerprint density at radius 2 is 2.09 bits per heavy atom. The zero-order chi connectivity index (χ0) is 21.9. The third-order valence-corrected chi connectivity index (χ3v) is 5.75. The molecule has 4 aromatic rings. The van der Waals surface area contributed by atoms with E-state index in [0.29, 0.717) is 24.0 Å². The molecule has 0 radical (unpaired) electrons. The maximum atomic E-state index is 11.1.